The van der Waals surface area contributed by atoms with Crippen LogP contribution >= 0.6 is 0 Å². The van der Waals surface area contributed by atoms with Gasteiger partial charge in [-0.15, -0.1) is 0 Å². The van der Waals surface area contributed by atoms with Gasteiger partial charge in [-0.25, -0.2) is 0 Å². The zero-order valence-corrected chi connectivity index (χ0v) is 6.27. The third-order valence-electron chi connectivity index (χ3n) is 1.44. The maximum Gasteiger partial charge on any atom is 0.437 e. The lowest BCUT2D eigenvalue weighted by Crippen LogP contribution is -2.08. The molecule has 2 N–H and O–H groups in total. The van der Waals surface area contributed by atoms with Crippen molar-refractivity contribution in [2.45, 2.75) is 19.5 Å². The van der Waals surface area contributed by atoms with Gasteiger partial charge < -0.3 is 10.3 Å². The van der Waals surface area contributed by atoms with Gasteiger partial charge in [-0.2, -0.15) is 13.2 Å². The first-order valence-electron chi connectivity index (χ1n) is 3.28. The zero-order chi connectivity index (χ0) is 9.35. The van der Waals surface area contributed by atoms with Gasteiger partial charge in [0.15, 0.2) is 5.69 Å². The first kappa shape index (κ1) is 8.89. The Morgan fingerprint density at radius 2 is 2.08 bits per heavy atom. The molecule has 1 rings (SSSR count). The Balaban J connectivity index is 3.16. The van der Waals surface area contributed by atoms with Crippen molar-refractivity contribution in [1.82, 2.24) is 5.16 Å². The third kappa shape index (κ3) is 1.37. The van der Waals surface area contributed by atoms with E-state index in [1.165, 1.54) is 0 Å². The molecule has 0 fully saturated rings. The minimum absolute atomic E-state index is 0.0810. The average Bonchev–Trinajstić information content (AvgIpc) is 2.29. The molecule has 0 aliphatic heterocycles. The normalized spacial score (nSPS) is 12.0. The molecule has 0 saturated heterocycles. The quantitative estimate of drug-likeness (QED) is 0.717. The fourth-order valence-electron chi connectivity index (χ4n) is 0.886. The summed E-state index contributed by atoms with van der Waals surface area (Å²) in [7, 11) is 0. The smallest absolute Gasteiger partial charge is 0.367 e. The number of alkyl halides is 3. The highest BCUT2D eigenvalue weighted by Gasteiger charge is 2.38. The standard InChI is InChI=1S/C6H7F3N2O/c1-2-3-4(6(7,8)9)11-12-5(3)10/h2,10H2,1H3. The van der Waals surface area contributed by atoms with Crippen LogP contribution < -0.4 is 5.73 Å². The highest BCUT2D eigenvalue weighted by molar-refractivity contribution is 5.39. The number of nitrogens with two attached hydrogens (primary N) is 1. The topological polar surface area (TPSA) is 52.0 Å². The molecule has 0 saturated carbocycles. The molecular weight excluding hydrogens is 173 g/mol. The molecule has 12 heavy (non-hydrogen) atoms. The van der Waals surface area contributed by atoms with Crippen molar-refractivity contribution in [3.05, 3.63) is 11.3 Å². The summed E-state index contributed by atoms with van der Waals surface area (Å²) in [6.07, 6.45) is -4.32. The van der Waals surface area contributed by atoms with E-state index < -0.39 is 11.9 Å². The molecule has 6 heteroatoms. The van der Waals surface area contributed by atoms with Crippen LogP contribution in [0.5, 0.6) is 0 Å². The van der Waals surface area contributed by atoms with E-state index in [9.17, 15) is 13.2 Å². The molecule has 0 spiro atoms. The van der Waals surface area contributed by atoms with Crippen LogP contribution in [-0.2, 0) is 12.6 Å². The van der Waals surface area contributed by atoms with Crippen molar-refractivity contribution in [3.63, 3.8) is 0 Å². The van der Waals surface area contributed by atoms with E-state index in [1.54, 1.807) is 6.92 Å². The van der Waals surface area contributed by atoms with E-state index in [0.717, 1.165) is 0 Å². The predicted molar refractivity (Wildman–Crippen MR) is 35.3 cm³/mol. The van der Waals surface area contributed by atoms with Crippen molar-refractivity contribution in [2.75, 3.05) is 5.73 Å². The van der Waals surface area contributed by atoms with Gasteiger partial charge in [-0.1, -0.05) is 12.1 Å². The maximum absolute atomic E-state index is 12.1. The first-order chi connectivity index (χ1) is 5.46. The van der Waals surface area contributed by atoms with Crippen LogP contribution in [0, 0.1) is 0 Å². The maximum atomic E-state index is 12.1. The Labute approximate surface area is 66.3 Å². The Bertz CT molecular complexity index is 279. The van der Waals surface area contributed by atoms with Gasteiger partial charge in [0.25, 0.3) is 0 Å². The highest BCUT2D eigenvalue weighted by Crippen LogP contribution is 2.33. The number of halogens is 3. The molecule has 0 aliphatic rings. The number of nitrogen functional groups attached to an aromatic ring is 1. The summed E-state index contributed by atoms with van der Waals surface area (Å²) < 4.78 is 40.4. The van der Waals surface area contributed by atoms with Crippen molar-refractivity contribution in [2.24, 2.45) is 0 Å². The van der Waals surface area contributed by atoms with Crippen molar-refractivity contribution < 1.29 is 17.7 Å². The number of hydrogen-bond donors (Lipinski definition) is 1. The Hall–Kier alpha value is -1.20. The second-order valence-electron chi connectivity index (χ2n) is 2.23. The fraction of sp³-hybridized carbons (Fsp3) is 0.500. The molecular formula is C6H7F3N2O. The second kappa shape index (κ2) is 2.69. The highest BCUT2D eigenvalue weighted by atomic mass is 19.4. The van der Waals surface area contributed by atoms with E-state index in [4.69, 9.17) is 5.73 Å². The van der Waals surface area contributed by atoms with Gasteiger partial charge in [0.1, 0.15) is 0 Å². The summed E-state index contributed by atoms with van der Waals surface area (Å²) in [6.45, 7) is 1.55. The predicted octanol–water partition coefficient (Wildman–Crippen LogP) is 1.84. The minimum Gasteiger partial charge on any atom is -0.367 e. The van der Waals surface area contributed by atoms with Crippen LogP contribution in [0.3, 0.4) is 0 Å². The second-order valence-corrected chi connectivity index (χ2v) is 2.23. The molecule has 0 aromatic carbocycles. The summed E-state index contributed by atoms with van der Waals surface area (Å²) in [5.74, 6) is -0.259. The molecule has 68 valence electrons. The number of rotatable bonds is 1. The van der Waals surface area contributed by atoms with Crippen LogP contribution in [0.4, 0.5) is 19.1 Å². The van der Waals surface area contributed by atoms with Gasteiger partial charge in [-0.05, 0) is 6.42 Å². The van der Waals surface area contributed by atoms with Crippen molar-refractivity contribution >= 4 is 5.88 Å². The van der Waals surface area contributed by atoms with Gasteiger partial charge in [-0.3, -0.25) is 0 Å². The largest absolute Gasteiger partial charge is 0.437 e. The van der Waals surface area contributed by atoms with Crippen LogP contribution in [0.1, 0.15) is 18.2 Å². The number of hydrogen-bond acceptors (Lipinski definition) is 3. The molecule has 0 radical (unpaired) electrons. The molecule has 1 aromatic heterocycles. The van der Waals surface area contributed by atoms with Crippen LogP contribution in [-0.4, -0.2) is 5.16 Å². The lowest BCUT2D eigenvalue weighted by Gasteiger charge is -2.02. The van der Waals surface area contributed by atoms with E-state index >= 15 is 0 Å². The van der Waals surface area contributed by atoms with Crippen molar-refractivity contribution in [3.8, 4) is 0 Å². The van der Waals surface area contributed by atoms with Gasteiger partial charge in [0, 0.05) is 5.56 Å². The average molecular weight is 180 g/mol. The lowest BCUT2D eigenvalue weighted by atomic mass is 10.2. The monoisotopic (exact) mass is 180 g/mol. The summed E-state index contributed by atoms with van der Waals surface area (Å²) >= 11 is 0. The summed E-state index contributed by atoms with van der Waals surface area (Å²) in [6, 6.07) is 0. The van der Waals surface area contributed by atoms with Gasteiger partial charge >= 0.3 is 6.18 Å². The van der Waals surface area contributed by atoms with Crippen LogP contribution in [0.2, 0.25) is 0 Å². The molecule has 1 aromatic rings. The van der Waals surface area contributed by atoms with Gasteiger partial charge in [0.2, 0.25) is 5.88 Å². The molecule has 0 aliphatic carbocycles. The van der Waals surface area contributed by atoms with Crippen LogP contribution in [0.25, 0.3) is 0 Å². The minimum atomic E-state index is -4.48. The van der Waals surface area contributed by atoms with Gasteiger partial charge in [0.05, 0.1) is 0 Å². The van der Waals surface area contributed by atoms with Crippen molar-refractivity contribution in [1.29, 1.82) is 0 Å². The Morgan fingerprint density at radius 3 is 2.42 bits per heavy atom. The van der Waals surface area contributed by atoms with E-state index in [0.29, 0.717) is 0 Å². The molecule has 0 bridgehead atoms. The lowest BCUT2D eigenvalue weighted by molar-refractivity contribution is -0.143. The molecule has 1 heterocycles. The van der Waals surface area contributed by atoms with E-state index in [-0.39, 0.29) is 17.9 Å². The number of nitrogens with zero attached hydrogens (tertiary/aromatic N) is 1. The summed E-state index contributed by atoms with van der Waals surface area (Å²) in [5, 5.41) is 2.83. The summed E-state index contributed by atoms with van der Waals surface area (Å²) in [4.78, 5) is 0. The van der Waals surface area contributed by atoms with E-state index in [2.05, 4.69) is 9.68 Å². The number of anilines is 1. The van der Waals surface area contributed by atoms with E-state index in [1.807, 2.05) is 0 Å². The molecule has 0 atom stereocenters. The third-order valence-corrected chi connectivity index (χ3v) is 1.44. The van der Waals surface area contributed by atoms with Crippen LogP contribution in [0.15, 0.2) is 4.52 Å². The number of aromatic nitrogens is 1. The fourth-order valence-corrected chi connectivity index (χ4v) is 0.886. The Morgan fingerprint density at radius 1 is 1.50 bits per heavy atom. The summed E-state index contributed by atoms with van der Waals surface area (Å²) in [5.41, 5.74) is 4.01. The molecule has 3 nitrogen and oxygen atoms in total. The first-order valence-corrected chi connectivity index (χ1v) is 3.28. The SMILES string of the molecule is CCc1c(C(F)(F)F)noc1N. The molecule has 0 amide bonds. The zero-order valence-electron chi connectivity index (χ0n) is 6.27. The molecule has 0 unspecified atom stereocenters. The Kier molecular flexibility index (Phi) is 1.99.